The van der Waals surface area contributed by atoms with E-state index in [1.54, 1.807) is 24.3 Å². The zero-order valence-corrected chi connectivity index (χ0v) is 18.8. The van der Waals surface area contributed by atoms with E-state index < -0.39 is 15.8 Å². The van der Waals surface area contributed by atoms with Crippen LogP contribution in [0.25, 0.3) is 11.0 Å². The Labute approximate surface area is 182 Å². The third-order valence-corrected chi connectivity index (χ3v) is 7.00. The zero-order valence-electron chi connectivity index (χ0n) is 16.3. The van der Waals surface area contributed by atoms with Crippen LogP contribution < -0.4 is 9.88 Å². The Kier molecular flexibility index (Phi) is 7.27. The average molecular weight is 474 g/mol. The maximum Gasteiger partial charge on any atom is 0.289 e. The van der Waals surface area contributed by atoms with Crippen molar-refractivity contribution >= 4 is 44.6 Å². The van der Waals surface area contributed by atoms with Crippen molar-refractivity contribution in [3.05, 3.63) is 42.0 Å². The lowest BCUT2D eigenvalue weighted by atomic mass is 10.2. The lowest BCUT2D eigenvalue weighted by Gasteiger charge is -2.11. The summed E-state index contributed by atoms with van der Waals surface area (Å²) in [5.74, 6) is -1.57. The van der Waals surface area contributed by atoms with E-state index in [1.807, 2.05) is 11.5 Å². The molecule has 0 bridgehead atoms. The monoisotopic (exact) mass is 473 g/mol. The van der Waals surface area contributed by atoms with E-state index in [0.29, 0.717) is 33.7 Å². The molecule has 3 rings (SSSR count). The largest absolute Gasteiger partial charge is 0.496 e. The summed E-state index contributed by atoms with van der Waals surface area (Å²) in [7, 11) is -2.36. The predicted octanol–water partition coefficient (Wildman–Crippen LogP) is 4.71. The van der Waals surface area contributed by atoms with Gasteiger partial charge in [-0.1, -0.05) is 36.5 Å². The van der Waals surface area contributed by atoms with Gasteiger partial charge >= 0.3 is 0 Å². The van der Waals surface area contributed by atoms with Gasteiger partial charge in [0.05, 0.1) is 27.9 Å². The number of methoxy groups -OCH3 is 1. The first-order valence-corrected chi connectivity index (χ1v) is 12.4. The van der Waals surface area contributed by atoms with Crippen LogP contribution in [-0.4, -0.2) is 30.8 Å². The fourth-order valence-corrected chi connectivity index (χ4v) is 5.07. The molecular formula is C19H21F2N3O3S3. The van der Waals surface area contributed by atoms with Crippen LogP contribution in [0.1, 0.15) is 18.9 Å². The summed E-state index contributed by atoms with van der Waals surface area (Å²) in [4.78, 5) is 4.99. The highest BCUT2D eigenvalue weighted by Gasteiger charge is 2.16. The first-order valence-electron chi connectivity index (χ1n) is 9.00. The Hall–Kier alpha value is -1.82. The van der Waals surface area contributed by atoms with Crippen molar-refractivity contribution in [1.82, 2.24) is 9.55 Å². The lowest BCUT2D eigenvalue weighted by molar-refractivity contribution is 0.251. The van der Waals surface area contributed by atoms with Gasteiger partial charge in [0, 0.05) is 12.3 Å². The number of imidazole rings is 1. The van der Waals surface area contributed by atoms with Gasteiger partial charge in [-0.2, -0.15) is 8.78 Å². The highest BCUT2D eigenvalue weighted by molar-refractivity contribution is 7.99. The number of thioether (sulfide) groups is 2. The summed E-state index contributed by atoms with van der Waals surface area (Å²) in [5.41, 5.74) is 2.28. The molecule has 0 fully saturated rings. The van der Waals surface area contributed by atoms with Gasteiger partial charge in [0.25, 0.3) is 5.76 Å². The molecule has 1 aromatic heterocycles. The van der Waals surface area contributed by atoms with Gasteiger partial charge in [-0.05, 0) is 42.3 Å². The van der Waals surface area contributed by atoms with Crippen LogP contribution in [0.4, 0.5) is 8.78 Å². The van der Waals surface area contributed by atoms with Gasteiger partial charge in [0.2, 0.25) is 10.0 Å². The minimum Gasteiger partial charge on any atom is -0.496 e. The molecule has 0 unspecified atom stereocenters. The summed E-state index contributed by atoms with van der Waals surface area (Å²) in [6.45, 7) is 2.77. The minimum atomic E-state index is -3.81. The van der Waals surface area contributed by atoms with Crippen molar-refractivity contribution in [2.24, 2.45) is 5.14 Å². The van der Waals surface area contributed by atoms with Gasteiger partial charge in [0.15, 0.2) is 5.16 Å². The van der Waals surface area contributed by atoms with Crippen molar-refractivity contribution in [1.29, 1.82) is 0 Å². The van der Waals surface area contributed by atoms with Crippen LogP contribution in [-0.2, 0) is 22.3 Å². The van der Waals surface area contributed by atoms with Gasteiger partial charge in [-0.15, -0.1) is 0 Å². The SMILES string of the molecule is CCCn1c(SCc2ccc(SC(F)F)c(OC)c2)nc2cc(S(N)(=O)=O)ccc21. The van der Waals surface area contributed by atoms with Crippen molar-refractivity contribution < 1.29 is 21.9 Å². The molecule has 2 aromatic carbocycles. The molecule has 0 atom stereocenters. The number of aromatic nitrogens is 2. The number of hydrogen-bond acceptors (Lipinski definition) is 6. The zero-order chi connectivity index (χ0) is 21.9. The fourth-order valence-electron chi connectivity index (χ4n) is 2.96. The molecule has 0 aliphatic heterocycles. The highest BCUT2D eigenvalue weighted by Crippen LogP contribution is 2.35. The number of primary sulfonamides is 1. The van der Waals surface area contributed by atoms with E-state index in [-0.39, 0.29) is 4.90 Å². The first kappa shape index (κ1) is 22.9. The molecule has 2 N–H and O–H groups in total. The number of alkyl halides is 2. The lowest BCUT2D eigenvalue weighted by Crippen LogP contribution is -2.11. The molecule has 3 aromatic rings. The third kappa shape index (κ3) is 5.26. The van der Waals surface area contributed by atoms with Gasteiger partial charge in [0.1, 0.15) is 5.75 Å². The second-order valence-corrected chi connectivity index (χ2v) is 9.93. The number of sulfonamides is 1. The molecule has 0 aliphatic carbocycles. The second-order valence-electron chi connectivity index (χ2n) is 6.39. The summed E-state index contributed by atoms with van der Waals surface area (Å²) in [6, 6.07) is 9.81. The summed E-state index contributed by atoms with van der Waals surface area (Å²) in [5, 5.41) is 5.97. The number of benzene rings is 2. The predicted molar refractivity (Wildman–Crippen MR) is 116 cm³/mol. The number of fused-ring (bicyclic) bond motifs is 1. The van der Waals surface area contributed by atoms with Gasteiger partial charge in [-0.25, -0.2) is 18.5 Å². The minimum absolute atomic E-state index is 0.0181. The molecule has 0 spiro atoms. The second kappa shape index (κ2) is 9.54. The number of rotatable bonds is 9. The van der Waals surface area contributed by atoms with Crippen LogP contribution in [0.2, 0.25) is 0 Å². The average Bonchev–Trinajstić information content (AvgIpc) is 3.03. The van der Waals surface area contributed by atoms with E-state index in [1.165, 1.54) is 31.0 Å². The van der Waals surface area contributed by atoms with Crippen LogP contribution >= 0.6 is 23.5 Å². The van der Waals surface area contributed by atoms with Crippen molar-refractivity contribution in [2.45, 2.75) is 46.3 Å². The van der Waals surface area contributed by atoms with E-state index in [0.717, 1.165) is 29.2 Å². The number of hydrogen-bond donors (Lipinski definition) is 1. The molecular weight excluding hydrogens is 452 g/mol. The maximum absolute atomic E-state index is 12.7. The number of nitrogens with zero attached hydrogens (tertiary/aromatic N) is 2. The molecule has 0 radical (unpaired) electrons. The van der Waals surface area contributed by atoms with Crippen LogP contribution in [0.3, 0.4) is 0 Å². The Morgan fingerprint density at radius 2 is 2.00 bits per heavy atom. The summed E-state index contributed by atoms with van der Waals surface area (Å²) < 4.78 is 55.9. The molecule has 11 heteroatoms. The standard InChI is InChI=1S/C19H21F2N3O3S3/c1-3-8-24-15-6-5-13(30(22,25)26)10-14(15)23-19(24)28-11-12-4-7-17(29-18(20)21)16(9-12)27-2/h4-7,9-10,18H,3,8,11H2,1-2H3,(H2,22,25,26). The molecule has 30 heavy (non-hydrogen) atoms. The van der Waals surface area contributed by atoms with E-state index in [2.05, 4.69) is 4.98 Å². The molecule has 0 saturated carbocycles. The number of aryl methyl sites for hydroxylation is 1. The Bertz CT molecular complexity index is 1150. The number of halogens is 2. The molecule has 0 saturated heterocycles. The van der Waals surface area contributed by atoms with E-state index in [9.17, 15) is 17.2 Å². The van der Waals surface area contributed by atoms with E-state index >= 15 is 0 Å². The van der Waals surface area contributed by atoms with E-state index in [4.69, 9.17) is 9.88 Å². The van der Waals surface area contributed by atoms with Crippen LogP contribution in [0.15, 0.2) is 51.3 Å². The maximum atomic E-state index is 12.7. The molecule has 6 nitrogen and oxygen atoms in total. The quantitative estimate of drug-likeness (QED) is 0.453. The summed E-state index contributed by atoms with van der Waals surface area (Å²) in [6.07, 6.45) is 0.878. The number of nitrogens with two attached hydrogens (primary N) is 1. The smallest absolute Gasteiger partial charge is 0.289 e. The van der Waals surface area contributed by atoms with Crippen molar-refractivity contribution in [3.8, 4) is 5.75 Å². The van der Waals surface area contributed by atoms with Crippen molar-refractivity contribution in [2.75, 3.05) is 7.11 Å². The molecule has 0 amide bonds. The first-order chi connectivity index (χ1) is 14.2. The molecule has 1 heterocycles. The van der Waals surface area contributed by atoms with Gasteiger partial charge in [-0.3, -0.25) is 0 Å². The fraction of sp³-hybridized carbons (Fsp3) is 0.316. The third-order valence-electron chi connectivity index (χ3n) is 4.27. The Morgan fingerprint density at radius 3 is 2.63 bits per heavy atom. The molecule has 162 valence electrons. The van der Waals surface area contributed by atoms with Crippen LogP contribution in [0.5, 0.6) is 5.75 Å². The number of ether oxygens (including phenoxy) is 1. The normalized spacial score (nSPS) is 12.1. The van der Waals surface area contributed by atoms with Gasteiger partial charge < -0.3 is 9.30 Å². The summed E-state index contributed by atoms with van der Waals surface area (Å²) >= 11 is 1.93. The Balaban J connectivity index is 1.88. The van der Waals surface area contributed by atoms with Crippen LogP contribution in [0, 0.1) is 0 Å². The molecule has 0 aliphatic rings. The van der Waals surface area contributed by atoms with Crippen molar-refractivity contribution in [3.63, 3.8) is 0 Å². The Morgan fingerprint density at radius 1 is 1.23 bits per heavy atom. The highest BCUT2D eigenvalue weighted by atomic mass is 32.2. The topological polar surface area (TPSA) is 87.2 Å².